The van der Waals surface area contributed by atoms with E-state index < -0.39 is 0 Å². The van der Waals surface area contributed by atoms with E-state index in [0.717, 1.165) is 64.0 Å². The monoisotopic (exact) mass is 476 g/mol. The van der Waals surface area contributed by atoms with Crippen LogP contribution in [0.4, 0.5) is 0 Å². The van der Waals surface area contributed by atoms with Crippen LogP contribution in [-0.4, -0.2) is 40.1 Å². The largest absolute Gasteiger partial charge is 0.493 e. The van der Waals surface area contributed by atoms with Crippen LogP contribution in [0.5, 0.6) is 17.2 Å². The number of furan rings is 1. The topological polar surface area (TPSA) is 71.6 Å². The number of hydrogen-bond acceptors (Lipinski definition) is 6. The molecular weight excluding hydrogens is 446 g/mol. The third kappa shape index (κ3) is 4.06. The van der Waals surface area contributed by atoms with Crippen molar-refractivity contribution >= 4 is 27.7 Å². The van der Waals surface area contributed by atoms with Gasteiger partial charge in [0.05, 0.1) is 32.9 Å². The lowest BCUT2D eigenvalue weighted by Gasteiger charge is -2.28. The van der Waals surface area contributed by atoms with E-state index >= 15 is 0 Å². The number of carbonyl (C=O) groups excluding carboxylic acids is 1. The normalized spacial score (nSPS) is 15.0. The summed E-state index contributed by atoms with van der Waals surface area (Å²) in [4.78, 5) is 14.2. The second kappa shape index (κ2) is 9.50. The molecule has 35 heavy (non-hydrogen) atoms. The molecule has 0 fully saturated rings. The molecule has 2 heterocycles. The lowest BCUT2D eigenvalue weighted by Crippen LogP contribution is -3.12. The summed E-state index contributed by atoms with van der Waals surface area (Å²) in [5, 5.41) is 2.74. The van der Waals surface area contributed by atoms with Crippen molar-refractivity contribution in [1.82, 2.24) is 0 Å². The van der Waals surface area contributed by atoms with Crippen LogP contribution in [0.25, 0.3) is 21.7 Å². The molecule has 1 N–H and O–H groups in total. The number of aryl methyl sites for hydroxylation is 1. The molecule has 0 radical (unpaired) electrons. The number of esters is 1. The molecule has 1 aliphatic rings. The summed E-state index contributed by atoms with van der Waals surface area (Å²) in [6.07, 6.45) is 0.847. The van der Waals surface area contributed by atoms with Gasteiger partial charge in [-0.05, 0) is 31.5 Å². The van der Waals surface area contributed by atoms with Crippen LogP contribution in [0, 0.1) is 6.92 Å². The minimum absolute atomic E-state index is 0.305. The average molecular weight is 477 g/mol. The van der Waals surface area contributed by atoms with E-state index in [1.54, 1.807) is 14.2 Å². The highest BCUT2D eigenvalue weighted by atomic mass is 16.5. The number of carbonyl (C=O) groups is 1. The Bertz CT molecular complexity index is 1410. The van der Waals surface area contributed by atoms with E-state index in [-0.39, 0.29) is 5.97 Å². The van der Waals surface area contributed by atoms with Crippen molar-refractivity contribution in [3.63, 3.8) is 0 Å². The summed E-state index contributed by atoms with van der Waals surface area (Å²) in [7, 11) is 3.28. The zero-order valence-corrected chi connectivity index (χ0v) is 20.5. The molecule has 0 bridgehead atoms. The fourth-order valence-electron chi connectivity index (χ4n) is 4.95. The maximum Gasteiger partial charge on any atom is 0.342 e. The molecule has 1 aliphatic heterocycles. The summed E-state index contributed by atoms with van der Waals surface area (Å²) < 4.78 is 28.7. The molecule has 0 saturated carbocycles. The molecule has 1 atom stereocenters. The summed E-state index contributed by atoms with van der Waals surface area (Å²) in [5.74, 6) is 2.47. The number of methoxy groups -OCH3 is 2. The molecule has 4 aromatic rings. The smallest absolute Gasteiger partial charge is 0.342 e. The number of rotatable bonds is 7. The average Bonchev–Trinajstić information content (AvgIpc) is 3.24. The molecule has 1 unspecified atom stereocenters. The van der Waals surface area contributed by atoms with E-state index in [0.29, 0.717) is 30.2 Å². The summed E-state index contributed by atoms with van der Waals surface area (Å²) in [6, 6.07) is 14.0. The fourth-order valence-corrected chi connectivity index (χ4v) is 4.95. The van der Waals surface area contributed by atoms with Gasteiger partial charge >= 0.3 is 5.97 Å². The van der Waals surface area contributed by atoms with E-state index in [1.807, 2.05) is 50.2 Å². The van der Waals surface area contributed by atoms with E-state index in [4.69, 9.17) is 23.4 Å². The lowest BCUT2D eigenvalue weighted by molar-refractivity contribution is -0.932. The summed E-state index contributed by atoms with van der Waals surface area (Å²) in [6.45, 7) is 6.05. The fraction of sp³-hybridized carbons (Fsp3) is 0.321. The Hall–Kier alpha value is -3.71. The van der Waals surface area contributed by atoms with Gasteiger partial charge in [-0.15, -0.1) is 0 Å². The van der Waals surface area contributed by atoms with Gasteiger partial charge in [0.25, 0.3) is 0 Å². The van der Waals surface area contributed by atoms with Gasteiger partial charge in [-0.2, -0.15) is 0 Å². The van der Waals surface area contributed by atoms with Crippen molar-refractivity contribution in [3.05, 3.63) is 64.9 Å². The Labute approximate surface area is 204 Å². The zero-order valence-electron chi connectivity index (χ0n) is 20.5. The maximum atomic E-state index is 12.9. The third-order valence-electron chi connectivity index (χ3n) is 6.62. The van der Waals surface area contributed by atoms with Crippen molar-refractivity contribution in [1.29, 1.82) is 0 Å². The van der Waals surface area contributed by atoms with Crippen LogP contribution in [0.2, 0.25) is 0 Å². The lowest BCUT2D eigenvalue weighted by atomic mass is 9.96. The predicted molar refractivity (Wildman–Crippen MR) is 133 cm³/mol. The predicted octanol–water partition coefficient (Wildman–Crippen LogP) is 4.07. The van der Waals surface area contributed by atoms with E-state index in [1.165, 1.54) is 4.90 Å². The Morgan fingerprint density at radius 1 is 1.06 bits per heavy atom. The zero-order chi connectivity index (χ0) is 24.5. The molecule has 7 heteroatoms. The van der Waals surface area contributed by atoms with Crippen LogP contribution in [0.15, 0.2) is 46.9 Å². The van der Waals surface area contributed by atoms with Gasteiger partial charge < -0.3 is 23.4 Å². The Kier molecular flexibility index (Phi) is 6.26. The van der Waals surface area contributed by atoms with Crippen LogP contribution < -0.4 is 19.1 Å². The second-order valence-corrected chi connectivity index (χ2v) is 8.72. The molecule has 7 nitrogen and oxygen atoms in total. The van der Waals surface area contributed by atoms with Crippen molar-refractivity contribution in [2.45, 2.75) is 26.8 Å². The Morgan fingerprint density at radius 3 is 2.57 bits per heavy atom. The van der Waals surface area contributed by atoms with Crippen molar-refractivity contribution in [3.8, 4) is 17.2 Å². The number of fused-ring (bicyclic) bond motifs is 6. The van der Waals surface area contributed by atoms with Gasteiger partial charge in [0.2, 0.25) is 6.73 Å². The molecule has 0 spiro atoms. The molecule has 0 aliphatic carbocycles. The summed E-state index contributed by atoms with van der Waals surface area (Å²) >= 11 is 0. The Balaban J connectivity index is 1.52. The van der Waals surface area contributed by atoms with Crippen LogP contribution in [0.3, 0.4) is 0 Å². The molecule has 5 rings (SSSR count). The number of quaternary nitrogens is 1. The van der Waals surface area contributed by atoms with Gasteiger partial charge in [0.1, 0.15) is 29.2 Å². The van der Waals surface area contributed by atoms with E-state index in [9.17, 15) is 4.79 Å². The van der Waals surface area contributed by atoms with Crippen molar-refractivity contribution < 1.29 is 33.1 Å². The molecule has 1 aromatic heterocycles. The number of ether oxygens (including phenoxy) is 4. The van der Waals surface area contributed by atoms with Gasteiger partial charge in [-0.1, -0.05) is 30.3 Å². The third-order valence-corrected chi connectivity index (χ3v) is 6.62. The first-order valence-electron chi connectivity index (χ1n) is 11.9. The van der Waals surface area contributed by atoms with Gasteiger partial charge in [-0.25, -0.2) is 4.79 Å². The molecule has 182 valence electrons. The highest BCUT2D eigenvalue weighted by molar-refractivity contribution is 6.16. The first-order chi connectivity index (χ1) is 17.0. The summed E-state index contributed by atoms with van der Waals surface area (Å²) in [5.41, 5.74) is 3.36. The second-order valence-electron chi connectivity index (χ2n) is 8.72. The first kappa shape index (κ1) is 23.1. The van der Waals surface area contributed by atoms with Gasteiger partial charge in [0, 0.05) is 22.6 Å². The van der Waals surface area contributed by atoms with Crippen LogP contribution >= 0.6 is 0 Å². The molecule has 0 amide bonds. The number of hydrogen-bond donors (Lipinski definition) is 1. The molecule has 3 aromatic carbocycles. The molecule has 0 saturated heterocycles. The highest BCUT2D eigenvalue weighted by Crippen LogP contribution is 2.42. The number of nitrogens with one attached hydrogen (secondary N) is 1. The molecular formula is C28H30NO6+. The van der Waals surface area contributed by atoms with Crippen LogP contribution in [0.1, 0.15) is 34.2 Å². The van der Waals surface area contributed by atoms with Crippen molar-refractivity contribution in [2.75, 3.05) is 34.1 Å². The minimum Gasteiger partial charge on any atom is -0.493 e. The van der Waals surface area contributed by atoms with Crippen molar-refractivity contribution in [2.24, 2.45) is 0 Å². The standard InChI is InChI=1S/C28H29NO6/c1-5-33-28(30)24-17(2)35-27-20-9-7-6-8-19(20)26-21(25(24)27)15-29(16-34-26)13-12-18-10-11-22(31-3)23(14-18)32-4/h6-11,14H,5,12-13,15-16H2,1-4H3/p+1. The Morgan fingerprint density at radius 2 is 1.83 bits per heavy atom. The number of benzene rings is 3. The minimum atomic E-state index is -0.362. The highest BCUT2D eigenvalue weighted by Gasteiger charge is 2.31. The quantitative estimate of drug-likeness (QED) is 0.406. The van der Waals surface area contributed by atoms with Crippen LogP contribution in [-0.2, 0) is 17.7 Å². The SMILES string of the molecule is CCOC(=O)c1c(C)oc2c1c1c(c3ccccc32)OC[NH+](CCc2ccc(OC)c(OC)c2)C1. The maximum absolute atomic E-state index is 12.9. The van der Waals surface area contributed by atoms with Gasteiger partial charge in [-0.3, -0.25) is 4.90 Å². The first-order valence-corrected chi connectivity index (χ1v) is 11.9. The van der Waals surface area contributed by atoms with Gasteiger partial charge in [0.15, 0.2) is 11.5 Å². The van der Waals surface area contributed by atoms with E-state index in [2.05, 4.69) is 6.07 Å².